The Bertz CT molecular complexity index is 1470. The van der Waals surface area contributed by atoms with Gasteiger partial charge in [0.2, 0.25) is 6.29 Å². The standard InChI is InChI=1S/C28H32O14/c1-10-20(31)23(34)26(37)28(39-10)40-12-5-3-11(4-6-12)14-7-13(30)18-16(41-14)8-15(38-2)19(22(18)33)27-25(36)24(35)21(32)17(9-29)42-27/h3-8,10,17,20-21,23-29,31-37H,9H2,1-2H3/t10-,17-,20+,21-,23+,24+,25-,26+,27+,28+/m1/s1. The molecule has 0 amide bonds. The molecule has 3 aromatic rings. The number of ether oxygens (including phenoxy) is 4. The summed E-state index contributed by atoms with van der Waals surface area (Å²) in [7, 11) is 1.27. The maximum Gasteiger partial charge on any atom is 0.229 e. The smallest absolute Gasteiger partial charge is 0.229 e. The molecule has 8 N–H and O–H groups in total. The summed E-state index contributed by atoms with van der Waals surface area (Å²) in [6.07, 6.45) is -14.1. The van der Waals surface area contributed by atoms with Crippen molar-refractivity contribution in [3.8, 4) is 28.6 Å². The predicted octanol–water partition coefficient (Wildman–Crippen LogP) is -1.10. The lowest BCUT2D eigenvalue weighted by Crippen LogP contribution is -2.58. The highest BCUT2D eigenvalue weighted by Crippen LogP contribution is 2.45. The summed E-state index contributed by atoms with van der Waals surface area (Å²) in [5.41, 5.74) is -0.465. The first-order valence-corrected chi connectivity index (χ1v) is 13.1. The van der Waals surface area contributed by atoms with Gasteiger partial charge < -0.3 is 64.2 Å². The first-order valence-electron chi connectivity index (χ1n) is 13.1. The average molecular weight is 593 g/mol. The molecule has 0 bridgehead atoms. The van der Waals surface area contributed by atoms with Crippen LogP contribution in [0.25, 0.3) is 22.3 Å². The maximum absolute atomic E-state index is 13.2. The Morgan fingerprint density at radius 2 is 1.52 bits per heavy atom. The molecule has 2 saturated heterocycles. The zero-order valence-electron chi connectivity index (χ0n) is 22.5. The van der Waals surface area contributed by atoms with Crippen LogP contribution in [0.4, 0.5) is 0 Å². The van der Waals surface area contributed by atoms with Gasteiger partial charge in [0, 0.05) is 17.7 Å². The van der Waals surface area contributed by atoms with E-state index in [0.29, 0.717) is 5.56 Å². The molecular formula is C28H32O14. The molecule has 0 unspecified atom stereocenters. The molecule has 228 valence electrons. The number of hydrogen-bond acceptors (Lipinski definition) is 14. The van der Waals surface area contributed by atoms with Crippen molar-refractivity contribution in [1.82, 2.24) is 0 Å². The largest absolute Gasteiger partial charge is 0.506 e. The number of benzene rings is 2. The van der Waals surface area contributed by atoms with Crippen LogP contribution in [0.15, 0.2) is 45.6 Å². The van der Waals surface area contributed by atoms with E-state index in [1.165, 1.54) is 32.2 Å². The molecule has 10 atom stereocenters. The molecule has 14 heteroatoms. The van der Waals surface area contributed by atoms with Crippen LogP contribution in [0.5, 0.6) is 17.2 Å². The minimum Gasteiger partial charge on any atom is -0.506 e. The fraction of sp³-hybridized carbons (Fsp3) is 0.464. The van der Waals surface area contributed by atoms with Crippen LogP contribution in [-0.2, 0) is 9.47 Å². The van der Waals surface area contributed by atoms with Crippen molar-refractivity contribution in [3.63, 3.8) is 0 Å². The van der Waals surface area contributed by atoms with Crippen LogP contribution in [0.2, 0.25) is 0 Å². The van der Waals surface area contributed by atoms with E-state index in [0.717, 1.165) is 6.07 Å². The van der Waals surface area contributed by atoms with Crippen molar-refractivity contribution < 1.29 is 64.2 Å². The van der Waals surface area contributed by atoms with Gasteiger partial charge in [0.25, 0.3) is 0 Å². The van der Waals surface area contributed by atoms with E-state index in [-0.39, 0.29) is 33.8 Å². The van der Waals surface area contributed by atoms with E-state index in [9.17, 15) is 45.6 Å². The van der Waals surface area contributed by atoms with E-state index in [1.54, 1.807) is 12.1 Å². The molecule has 1 aromatic heterocycles. The molecule has 0 radical (unpaired) electrons. The lowest BCUT2D eigenvalue weighted by molar-refractivity contribution is -0.268. The van der Waals surface area contributed by atoms with Crippen molar-refractivity contribution in [1.29, 1.82) is 0 Å². The monoisotopic (exact) mass is 592 g/mol. The first kappa shape index (κ1) is 30.2. The summed E-state index contributed by atoms with van der Waals surface area (Å²) in [6, 6.07) is 8.58. The number of methoxy groups -OCH3 is 1. The summed E-state index contributed by atoms with van der Waals surface area (Å²) in [5, 5.41) is 81.4. The Kier molecular flexibility index (Phi) is 8.44. The predicted molar refractivity (Wildman–Crippen MR) is 142 cm³/mol. The van der Waals surface area contributed by atoms with Gasteiger partial charge in [-0.25, -0.2) is 0 Å². The highest BCUT2D eigenvalue weighted by Gasteiger charge is 2.46. The van der Waals surface area contributed by atoms with Gasteiger partial charge in [-0.2, -0.15) is 0 Å². The zero-order valence-corrected chi connectivity index (χ0v) is 22.5. The van der Waals surface area contributed by atoms with Gasteiger partial charge in [-0.05, 0) is 31.2 Å². The third-order valence-corrected chi connectivity index (χ3v) is 7.59. The third kappa shape index (κ3) is 5.21. The van der Waals surface area contributed by atoms with Gasteiger partial charge in [0.15, 0.2) is 5.43 Å². The molecule has 14 nitrogen and oxygen atoms in total. The molecule has 42 heavy (non-hydrogen) atoms. The highest BCUT2D eigenvalue weighted by atomic mass is 16.7. The van der Waals surface area contributed by atoms with Crippen molar-refractivity contribution >= 4 is 11.0 Å². The van der Waals surface area contributed by atoms with Crippen LogP contribution in [0, 0.1) is 0 Å². The van der Waals surface area contributed by atoms with E-state index in [1.807, 2.05) is 0 Å². The molecular weight excluding hydrogens is 560 g/mol. The molecule has 2 fully saturated rings. The highest BCUT2D eigenvalue weighted by molar-refractivity contribution is 5.88. The summed E-state index contributed by atoms with van der Waals surface area (Å²) in [6.45, 7) is 0.840. The second-order valence-electron chi connectivity index (χ2n) is 10.3. The second kappa shape index (κ2) is 11.8. The van der Waals surface area contributed by atoms with Gasteiger partial charge in [-0.15, -0.1) is 0 Å². The average Bonchev–Trinajstić information content (AvgIpc) is 2.98. The summed E-state index contributed by atoms with van der Waals surface area (Å²) in [5.74, 6) is -0.321. The molecule has 2 aromatic carbocycles. The number of fused-ring (bicyclic) bond motifs is 1. The summed E-state index contributed by atoms with van der Waals surface area (Å²) < 4.78 is 27.9. The fourth-order valence-electron chi connectivity index (χ4n) is 5.16. The topological polar surface area (TPSA) is 229 Å². The lowest BCUT2D eigenvalue weighted by atomic mass is 9.89. The van der Waals surface area contributed by atoms with Gasteiger partial charge >= 0.3 is 0 Å². The Hall–Kier alpha value is -3.31. The molecule has 0 spiro atoms. The maximum atomic E-state index is 13.2. The molecule has 2 aliphatic rings. The second-order valence-corrected chi connectivity index (χ2v) is 10.3. The number of aromatic hydroxyl groups is 1. The minimum atomic E-state index is -1.73. The van der Waals surface area contributed by atoms with Crippen molar-refractivity contribution in [2.75, 3.05) is 13.7 Å². The van der Waals surface area contributed by atoms with Crippen molar-refractivity contribution in [2.45, 2.75) is 68.1 Å². The quantitative estimate of drug-likeness (QED) is 0.170. The number of phenols is 1. The molecule has 2 aliphatic heterocycles. The number of hydrogen-bond donors (Lipinski definition) is 8. The van der Waals surface area contributed by atoms with Gasteiger partial charge in [-0.3, -0.25) is 4.79 Å². The zero-order chi connectivity index (χ0) is 30.5. The third-order valence-electron chi connectivity index (χ3n) is 7.59. The van der Waals surface area contributed by atoms with Crippen molar-refractivity contribution in [3.05, 3.63) is 52.2 Å². The first-order chi connectivity index (χ1) is 20.0. The number of rotatable bonds is 6. The molecule has 0 saturated carbocycles. The molecule has 3 heterocycles. The van der Waals surface area contributed by atoms with E-state index < -0.39 is 79.0 Å². The molecule has 0 aliphatic carbocycles. The molecule has 5 rings (SSSR count). The van der Waals surface area contributed by atoms with Crippen LogP contribution < -0.4 is 14.9 Å². The van der Waals surface area contributed by atoms with E-state index in [4.69, 9.17) is 23.4 Å². The normalized spacial score (nSPS) is 33.5. The number of aliphatic hydroxyl groups is 7. The Balaban J connectivity index is 1.46. The van der Waals surface area contributed by atoms with Crippen LogP contribution >= 0.6 is 0 Å². The van der Waals surface area contributed by atoms with Gasteiger partial charge in [0.1, 0.15) is 82.8 Å². The number of aliphatic hydroxyl groups excluding tert-OH is 7. The lowest BCUT2D eigenvalue weighted by Gasteiger charge is -2.40. The Morgan fingerprint density at radius 3 is 2.17 bits per heavy atom. The fourth-order valence-corrected chi connectivity index (χ4v) is 5.16. The van der Waals surface area contributed by atoms with Crippen molar-refractivity contribution in [2.24, 2.45) is 0 Å². The Labute approximate surface area is 238 Å². The number of phenolic OH excluding ortho intramolecular Hbond substituents is 1. The Morgan fingerprint density at radius 1 is 0.857 bits per heavy atom. The summed E-state index contributed by atoms with van der Waals surface area (Å²) in [4.78, 5) is 13.2. The van der Waals surface area contributed by atoms with Crippen LogP contribution in [-0.4, -0.2) is 110 Å². The van der Waals surface area contributed by atoms with E-state index >= 15 is 0 Å². The van der Waals surface area contributed by atoms with Gasteiger partial charge in [0.05, 0.1) is 25.4 Å². The van der Waals surface area contributed by atoms with Crippen LogP contribution in [0.3, 0.4) is 0 Å². The SMILES string of the molecule is COc1cc2oc(-c3ccc(O[C@@H]4O[C@H](C)[C@H](O)[C@H](O)[C@@H]4O)cc3)cc(=O)c2c(O)c1[C@@H]1O[C@H](CO)[C@@H](O)[C@H](O)[C@H]1O. The van der Waals surface area contributed by atoms with Gasteiger partial charge in [-0.1, -0.05) is 0 Å². The van der Waals surface area contributed by atoms with E-state index in [2.05, 4.69) is 0 Å². The summed E-state index contributed by atoms with van der Waals surface area (Å²) >= 11 is 0. The van der Waals surface area contributed by atoms with Crippen LogP contribution in [0.1, 0.15) is 18.6 Å². The minimum absolute atomic E-state index is 0.0547.